The normalized spacial score (nSPS) is 10.8. The van der Waals surface area contributed by atoms with Gasteiger partial charge in [0.1, 0.15) is 17.4 Å². The number of esters is 1. The van der Waals surface area contributed by atoms with Crippen LogP contribution >= 0.6 is 22.7 Å². The number of carboxylic acid groups (broad SMARTS) is 1. The van der Waals surface area contributed by atoms with Gasteiger partial charge in [-0.15, -0.1) is 22.7 Å². The molecule has 6 rings (SSSR count). The first-order valence-corrected chi connectivity index (χ1v) is 15.5. The molecule has 0 radical (unpaired) electrons. The fraction of sp³-hybridized carbons (Fsp3) is 0.0909. The molecule has 224 valence electrons. The number of carbonyl (C=O) groups is 2. The highest BCUT2D eigenvalue weighted by Crippen LogP contribution is 2.30. The van der Waals surface area contributed by atoms with Gasteiger partial charge in [0.25, 0.3) is 0 Å². The average Bonchev–Trinajstić information content (AvgIpc) is 3.67. The largest absolute Gasteiger partial charge is 0.478 e. The number of hydrogen-bond acceptors (Lipinski definition) is 11. The molecule has 2 aromatic carbocycles. The van der Waals surface area contributed by atoms with E-state index in [4.69, 9.17) is 4.74 Å². The van der Waals surface area contributed by atoms with E-state index in [0.717, 1.165) is 33.5 Å². The van der Waals surface area contributed by atoms with Crippen molar-refractivity contribution in [3.05, 3.63) is 112 Å². The molecule has 3 N–H and O–H groups in total. The van der Waals surface area contributed by atoms with E-state index in [1.165, 1.54) is 22.7 Å². The molecule has 0 amide bonds. The number of aromatic carboxylic acids is 1. The van der Waals surface area contributed by atoms with Gasteiger partial charge in [0.05, 0.1) is 22.5 Å². The third-order valence-corrected chi connectivity index (χ3v) is 8.19. The Hall–Kier alpha value is -5.46. The van der Waals surface area contributed by atoms with Crippen molar-refractivity contribution in [3.63, 3.8) is 0 Å². The van der Waals surface area contributed by atoms with Crippen LogP contribution in [-0.4, -0.2) is 37.0 Å². The van der Waals surface area contributed by atoms with E-state index in [1.54, 1.807) is 49.4 Å². The van der Waals surface area contributed by atoms with Crippen molar-refractivity contribution in [3.8, 4) is 28.3 Å². The van der Waals surface area contributed by atoms with Crippen molar-refractivity contribution in [2.75, 3.05) is 10.6 Å². The molecule has 0 saturated carbocycles. The molecule has 0 aliphatic heterocycles. The molecule has 12 heteroatoms. The number of aryl methyl sites for hydroxylation is 3. The number of thiazole rings is 2. The molecule has 10 nitrogen and oxygen atoms in total. The summed E-state index contributed by atoms with van der Waals surface area (Å²) in [5.41, 5.74) is 6.06. The van der Waals surface area contributed by atoms with Crippen LogP contribution in [0.5, 0.6) is 5.75 Å². The molecule has 4 aromatic heterocycles. The first-order valence-electron chi connectivity index (χ1n) is 13.7. The second-order valence-electron chi connectivity index (χ2n) is 10.1. The van der Waals surface area contributed by atoms with Crippen molar-refractivity contribution >= 4 is 56.5 Å². The maximum atomic E-state index is 13.0. The Morgan fingerprint density at radius 1 is 0.711 bits per heavy atom. The van der Waals surface area contributed by atoms with Crippen molar-refractivity contribution in [2.45, 2.75) is 20.8 Å². The van der Waals surface area contributed by atoms with E-state index < -0.39 is 11.9 Å². The summed E-state index contributed by atoms with van der Waals surface area (Å²) < 4.78 is 5.69. The summed E-state index contributed by atoms with van der Waals surface area (Å²) in [5, 5.41) is 20.8. The van der Waals surface area contributed by atoms with Crippen LogP contribution in [0.3, 0.4) is 0 Å². The van der Waals surface area contributed by atoms with Gasteiger partial charge in [-0.1, -0.05) is 24.3 Å². The van der Waals surface area contributed by atoms with Crippen LogP contribution in [0, 0.1) is 20.8 Å². The van der Waals surface area contributed by atoms with Crippen LogP contribution in [0.25, 0.3) is 22.5 Å². The van der Waals surface area contributed by atoms with Crippen LogP contribution in [0.1, 0.15) is 37.7 Å². The highest BCUT2D eigenvalue weighted by Gasteiger charge is 2.14. The number of pyridine rings is 2. The lowest BCUT2D eigenvalue weighted by molar-refractivity contribution is 0.0693. The summed E-state index contributed by atoms with van der Waals surface area (Å²) in [4.78, 5) is 42.5. The maximum absolute atomic E-state index is 13.0. The molecule has 0 aliphatic rings. The zero-order chi connectivity index (χ0) is 31.5. The second kappa shape index (κ2) is 12.6. The van der Waals surface area contributed by atoms with Gasteiger partial charge < -0.3 is 20.5 Å². The topological polar surface area (TPSA) is 139 Å². The molecular formula is C33H26N6O4S2. The van der Waals surface area contributed by atoms with E-state index >= 15 is 0 Å². The Kier molecular flexibility index (Phi) is 8.32. The Labute approximate surface area is 266 Å². The number of ether oxygens (including phenoxy) is 1. The van der Waals surface area contributed by atoms with Gasteiger partial charge in [-0.2, -0.15) is 0 Å². The summed E-state index contributed by atoms with van der Waals surface area (Å²) in [6.07, 6.45) is 0. The van der Waals surface area contributed by atoms with Crippen molar-refractivity contribution in [1.82, 2.24) is 19.9 Å². The lowest BCUT2D eigenvalue weighted by atomic mass is 10.0. The van der Waals surface area contributed by atoms with Gasteiger partial charge in [-0.25, -0.2) is 29.5 Å². The van der Waals surface area contributed by atoms with Gasteiger partial charge >= 0.3 is 11.9 Å². The number of hydrogen-bond donors (Lipinski definition) is 3. The maximum Gasteiger partial charge on any atom is 0.343 e. The van der Waals surface area contributed by atoms with E-state index in [2.05, 4.69) is 30.6 Å². The number of carbonyl (C=O) groups excluding carboxylic acids is 1. The average molecular weight is 635 g/mol. The fourth-order valence-electron chi connectivity index (χ4n) is 4.53. The van der Waals surface area contributed by atoms with E-state index in [0.29, 0.717) is 39.2 Å². The number of benzene rings is 2. The minimum absolute atomic E-state index is 0.257. The molecule has 0 aliphatic carbocycles. The summed E-state index contributed by atoms with van der Waals surface area (Å²) in [6.45, 7) is 5.50. The van der Waals surface area contributed by atoms with Crippen LogP contribution in [0.15, 0.2) is 83.6 Å². The molecule has 0 spiro atoms. The molecular weight excluding hydrogens is 609 g/mol. The zero-order valence-electron chi connectivity index (χ0n) is 24.4. The van der Waals surface area contributed by atoms with Crippen molar-refractivity contribution in [1.29, 1.82) is 0 Å². The SMILES string of the molecule is Cc1cccc(Nc2nc(-c3ccc(C(=O)Oc4cc(C)nc(Nc5nc(-c6ccc(C(=O)O)c(C)c6)cs5)c4)cc3)cs2)n1. The van der Waals surface area contributed by atoms with Gasteiger partial charge in [0.15, 0.2) is 10.3 Å². The van der Waals surface area contributed by atoms with Crippen LogP contribution in [0.2, 0.25) is 0 Å². The van der Waals surface area contributed by atoms with Crippen molar-refractivity contribution in [2.24, 2.45) is 0 Å². The second-order valence-corrected chi connectivity index (χ2v) is 11.8. The quantitative estimate of drug-likeness (QED) is 0.134. The Bertz CT molecular complexity index is 2040. The summed E-state index contributed by atoms with van der Waals surface area (Å²) in [6, 6.07) is 21.3. The molecule has 0 unspecified atom stereocenters. The van der Waals surface area contributed by atoms with E-state index in [-0.39, 0.29) is 5.56 Å². The Morgan fingerprint density at radius 2 is 1.36 bits per heavy atom. The number of anilines is 4. The number of nitrogens with one attached hydrogen (secondary N) is 2. The minimum atomic E-state index is -0.964. The molecule has 6 aromatic rings. The Morgan fingerprint density at radius 3 is 2.02 bits per heavy atom. The van der Waals surface area contributed by atoms with Gasteiger partial charge in [-0.05, 0) is 62.7 Å². The van der Waals surface area contributed by atoms with Crippen LogP contribution in [0.4, 0.5) is 21.9 Å². The first-order chi connectivity index (χ1) is 21.7. The molecule has 0 atom stereocenters. The third-order valence-electron chi connectivity index (χ3n) is 6.67. The van der Waals surface area contributed by atoms with Gasteiger partial charge in [0.2, 0.25) is 0 Å². The lowest BCUT2D eigenvalue weighted by Gasteiger charge is -2.09. The fourth-order valence-corrected chi connectivity index (χ4v) is 5.98. The van der Waals surface area contributed by atoms with E-state index in [1.807, 2.05) is 54.9 Å². The summed E-state index contributed by atoms with van der Waals surface area (Å²) in [5.74, 6) is 0.0838. The number of aromatic nitrogens is 4. The zero-order valence-corrected chi connectivity index (χ0v) is 26.0. The number of carboxylic acids is 1. The first kappa shape index (κ1) is 29.6. The van der Waals surface area contributed by atoms with Gasteiger partial charge in [0, 0.05) is 45.4 Å². The third kappa shape index (κ3) is 7.03. The molecule has 0 bridgehead atoms. The molecule has 0 fully saturated rings. The van der Waals surface area contributed by atoms with Gasteiger partial charge in [-0.3, -0.25) is 0 Å². The predicted molar refractivity (Wildman–Crippen MR) is 176 cm³/mol. The predicted octanol–water partition coefficient (Wildman–Crippen LogP) is 8.05. The monoisotopic (exact) mass is 634 g/mol. The molecule has 4 heterocycles. The van der Waals surface area contributed by atoms with Crippen LogP contribution < -0.4 is 15.4 Å². The Balaban J connectivity index is 1.11. The lowest BCUT2D eigenvalue weighted by Crippen LogP contribution is -2.09. The molecule has 45 heavy (non-hydrogen) atoms. The highest BCUT2D eigenvalue weighted by molar-refractivity contribution is 7.14. The highest BCUT2D eigenvalue weighted by atomic mass is 32.1. The minimum Gasteiger partial charge on any atom is -0.478 e. The summed E-state index contributed by atoms with van der Waals surface area (Å²) >= 11 is 2.86. The molecule has 0 saturated heterocycles. The summed E-state index contributed by atoms with van der Waals surface area (Å²) in [7, 11) is 0. The van der Waals surface area contributed by atoms with Crippen LogP contribution in [-0.2, 0) is 0 Å². The van der Waals surface area contributed by atoms with E-state index in [9.17, 15) is 14.7 Å². The van der Waals surface area contributed by atoms with Crippen molar-refractivity contribution < 1.29 is 19.4 Å². The number of nitrogens with zero attached hydrogens (tertiary/aromatic N) is 4. The number of rotatable bonds is 9. The smallest absolute Gasteiger partial charge is 0.343 e. The standard InChI is InChI=1S/C33H26N6O4S2/c1-18-13-23(11-12-25(18)30(40)41)27-17-45-33(37-27)39-29-15-24(14-20(3)35-29)43-31(42)22-9-7-21(8-10-22)26-16-44-32(36-26)38-28-6-4-5-19(2)34-28/h4-17H,1-3H3,(H,40,41)(H,34,36,38)(H,35,37,39).